The predicted octanol–water partition coefficient (Wildman–Crippen LogP) is 5.76. The molecule has 0 spiro atoms. The van der Waals surface area contributed by atoms with Gasteiger partial charge in [0.2, 0.25) is 0 Å². The van der Waals surface area contributed by atoms with Crippen molar-refractivity contribution < 1.29 is 24.2 Å². The van der Waals surface area contributed by atoms with Crippen LogP contribution in [0.4, 0.5) is 5.69 Å². The van der Waals surface area contributed by atoms with Gasteiger partial charge in [-0.25, -0.2) is 0 Å². The molecule has 1 atom stereocenters. The van der Waals surface area contributed by atoms with E-state index in [0.717, 1.165) is 6.42 Å². The van der Waals surface area contributed by atoms with E-state index < -0.39 is 17.7 Å². The molecule has 1 aliphatic rings. The topological polar surface area (TPSA) is 76.1 Å². The second-order valence-electron chi connectivity index (χ2n) is 7.79. The number of aliphatic hydroxyl groups excluding tert-OH is 1. The molecule has 0 bridgehead atoms. The molecule has 3 aromatic carbocycles. The van der Waals surface area contributed by atoms with Crippen LogP contribution in [0.2, 0.25) is 5.02 Å². The first-order valence-corrected chi connectivity index (χ1v) is 11.3. The molecule has 0 radical (unpaired) electrons. The molecular formula is C27H24ClNO5. The van der Waals surface area contributed by atoms with E-state index in [0.29, 0.717) is 39.9 Å². The van der Waals surface area contributed by atoms with E-state index in [2.05, 4.69) is 0 Å². The molecule has 34 heavy (non-hydrogen) atoms. The fourth-order valence-corrected chi connectivity index (χ4v) is 4.01. The number of ketones is 1. The Morgan fingerprint density at radius 2 is 1.56 bits per heavy atom. The third kappa shape index (κ3) is 4.50. The Kier molecular flexibility index (Phi) is 6.89. The minimum Gasteiger partial charge on any atom is -0.507 e. The van der Waals surface area contributed by atoms with Crippen LogP contribution in [0.25, 0.3) is 5.76 Å². The Labute approximate surface area is 203 Å². The molecule has 1 aliphatic heterocycles. The van der Waals surface area contributed by atoms with E-state index in [1.54, 1.807) is 79.9 Å². The van der Waals surface area contributed by atoms with E-state index in [9.17, 15) is 14.7 Å². The lowest BCUT2D eigenvalue weighted by Gasteiger charge is -2.25. The Hall–Kier alpha value is -3.77. The van der Waals surface area contributed by atoms with Gasteiger partial charge in [-0.1, -0.05) is 30.7 Å². The number of carbonyl (C=O) groups is 2. The van der Waals surface area contributed by atoms with Crippen molar-refractivity contribution in [2.24, 2.45) is 0 Å². The lowest BCUT2D eigenvalue weighted by molar-refractivity contribution is -0.132. The van der Waals surface area contributed by atoms with Crippen molar-refractivity contribution in [2.75, 3.05) is 18.6 Å². The van der Waals surface area contributed by atoms with Crippen LogP contribution in [0.3, 0.4) is 0 Å². The predicted molar refractivity (Wildman–Crippen MR) is 131 cm³/mol. The molecule has 1 fully saturated rings. The highest BCUT2D eigenvalue weighted by Crippen LogP contribution is 2.42. The summed E-state index contributed by atoms with van der Waals surface area (Å²) in [5.74, 6) is -0.445. The van der Waals surface area contributed by atoms with Gasteiger partial charge >= 0.3 is 0 Å². The fraction of sp³-hybridized carbons (Fsp3) is 0.185. The average molecular weight is 478 g/mol. The molecule has 7 heteroatoms. The van der Waals surface area contributed by atoms with Crippen molar-refractivity contribution in [3.63, 3.8) is 0 Å². The molecule has 1 amide bonds. The van der Waals surface area contributed by atoms with Gasteiger partial charge in [0.15, 0.2) is 0 Å². The smallest absolute Gasteiger partial charge is 0.300 e. The molecule has 1 saturated heterocycles. The average Bonchev–Trinajstić information content (AvgIpc) is 3.13. The zero-order valence-corrected chi connectivity index (χ0v) is 19.6. The SMILES string of the molecule is CCCOc1ccc(C2/C(=C(\O)c3ccc(Cl)cc3)C(=O)C(=O)N2c2ccc(OC)cc2)cc1. The van der Waals surface area contributed by atoms with E-state index in [1.807, 2.05) is 6.92 Å². The number of benzene rings is 3. The first-order chi connectivity index (χ1) is 16.4. The Balaban J connectivity index is 1.85. The summed E-state index contributed by atoms with van der Waals surface area (Å²) in [6.07, 6.45) is 0.875. The molecule has 0 aliphatic carbocycles. The van der Waals surface area contributed by atoms with E-state index in [1.165, 1.54) is 4.90 Å². The number of ether oxygens (including phenoxy) is 2. The first kappa shape index (κ1) is 23.4. The van der Waals surface area contributed by atoms with Crippen LogP contribution in [-0.2, 0) is 9.59 Å². The number of methoxy groups -OCH3 is 1. The second kappa shape index (κ2) is 10.0. The van der Waals surface area contributed by atoms with Gasteiger partial charge in [0, 0.05) is 16.3 Å². The molecule has 0 aromatic heterocycles. The number of rotatable bonds is 7. The zero-order chi connectivity index (χ0) is 24.2. The number of halogens is 1. The van der Waals surface area contributed by atoms with Crippen LogP contribution < -0.4 is 14.4 Å². The van der Waals surface area contributed by atoms with Crippen molar-refractivity contribution in [2.45, 2.75) is 19.4 Å². The molecule has 0 saturated carbocycles. The van der Waals surface area contributed by atoms with Gasteiger partial charge in [0.1, 0.15) is 17.3 Å². The lowest BCUT2D eigenvalue weighted by Crippen LogP contribution is -2.29. The second-order valence-corrected chi connectivity index (χ2v) is 8.23. The summed E-state index contributed by atoms with van der Waals surface area (Å²) in [6, 6.07) is 19.6. The molecule has 1 N–H and O–H groups in total. The van der Waals surface area contributed by atoms with Gasteiger partial charge in [0.25, 0.3) is 11.7 Å². The van der Waals surface area contributed by atoms with E-state index in [-0.39, 0.29) is 11.3 Å². The summed E-state index contributed by atoms with van der Waals surface area (Å²) in [7, 11) is 1.55. The first-order valence-electron chi connectivity index (χ1n) is 10.9. The monoisotopic (exact) mass is 477 g/mol. The number of aliphatic hydroxyl groups is 1. The van der Waals surface area contributed by atoms with Crippen molar-refractivity contribution in [3.05, 3.63) is 94.5 Å². The highest BCUT2D eigenvalue weighted by atomic mass is 35.5. The number of hydrogen-bond acceptors (Lipinski definition) is 5. The maximum atomic E-state index is 13.2. The number of hydrogen-bond donors (Lipinski definition) is 1. The normalized spacial score (nSPS) is 17.1. The standard InChI is InChI=1S/C27H24ClNO5/c1-3-16-34-22-12-6-17(7-13-22)24-23(25(30)18-4-8-19(28)9-5-18)26(31)27(32)29(24)20-10-14-21(33-2)15-11-20/h4-15,24,30H,3,16H2,1-2H3/b25-23+. The maximum Gasteiger partial charge on any atom is 0.300 e. The summed E-state index contributed by atoms with van der Waals surface area (Å²) < 4.78 is 10.9. The molecule has 174 valence electrons. The number of carbonyl (C=O) groups excluding carboxylic acids is 2. The Morgan fingerprint density at radius 3 is 2.15 bits per heavy atom. The van der Waals surface area contributed by atoms with Gasteiger partial charge in [-0.15, -0.1) is 0 Å². The van der Waals surface area contributed by atoms with E-state index >= 15 is 0 Å². The van der Waals surface area contributed by atoms with Crippen LogP contribution in [0.5, 0.6) is 11.5 Å². The van der Waals surface area contributed by atoms with Crippen LogP contribution in [0, 0.1) is 0 Å². The van der Waals surface area contributed by atoms with Gasteiger partial charge in [0.05, 0.1) is 25.3 Å². The molecule has 1 unspecified atom stereocenters. The minimum absolute atomic E-state index is 0.00497. The fourth-order valence-electron chi connectivity index (χ4n) is 3.89. The third-order valence-electron chi connectivity index (χ3n) is 5.58. The van der Waals surface area contributed by atoms with Crippen molar-refractivity contribution in [1.82, 2.24) is 0 Å². The highest BCUT2D eigenvalue weighted by molar-refractivity contribution is 6.51. The van der Waals surface area contributed by atoms with Crippen LogP contribution in [0.15, 0.2) is 78.4 Å². The quantitative estimate of drug-likeness (QED) is 0.266. The minimum atomic E-state index is -0.829. The van der Waals surface area contributed by atoms with Crippen LogP contribution >= 0.6 is 11.6 Å². The summed E-state index contributed by atoms with van der Waals surface area (Å²) >= 11 is 5.98. The molecular weight excluding hydrogens is 454 g/mol. The number of Topliss-reactive ketones (excluding diaryl/α,β-unsaturated/α-hetero) is 1. The molecule has 4 rings (SSSR count). The van der Waals surface area contributed by atoms with Gasteiger partial charge in [-0.05, 0) is 72.6 Å². The Bertz CT molecular complexity index is 1220. The zero-order valence-electron chi connectivity index (χ0n) is 18.8. The van der Waals surface area contributed by atoms with Crippen molar-refractivity contribution >= 4 is 34.7 Å². The van der Waals surface area contributed by atoms with E-state index in [4.69, 9.17) is 21.1 Å². The largest absolute Gasteiger partial charge is 0.507 e. The Morgan fingerprint density at radius 1 is 0.941 bits per heavy atom. The molecule has 1 heterocycles. The maximum absolute atomic E-state index is 13.2. The van der Waals surface area contributed by atoms with Gasteiger partial charge in [-0.3, -0.25) is 14.5 Å². The van der Waals surface area contributed by atoms with Crippen molar-refractivity contribution in [3.8, 4) is 11.5 Å². The van der Waals surface area contributed by atoms with Gasteiger partial charge in [-0.2, -0.15) is 0 Å². The highest BCUT2D eigenvalue weighted by Gasteiger charge is 2.47. The van der Waals surface area contributed by atoms with Gasteiger partial charge < -0.3 is 14.6 Å². The summed E-state index contributed by atoms with van der Waals surface area (Å²) in [5, 5.41) is 11.6. The summed E-state index contributed by atoms with van der Waals surface area (Å²) in [4.78, 5) is 27.8. The van der Waals surface area contributed by atoms with Crippen LogP contribution in [0.1, 0.15) is 30.5 Å². The van der Waals surface area contributed by atoms with Crippen LogP contribution in [-0.4, -0.2) is 30.5 Å². The molecule has 3 aromatic rings. The summed E-state index contributed by atoms with van der Waals surface area (Å²) in [5.41, 5.74) is 1.57. The number of anilines is 1. The molecule has 6 nitrogen and oxygen atoms in total. The van der Waals surface area contributed by atoms with Crippen molar-refractivity contribution in [1.29, 1.82) is 0 Å². The summed E-state index contributed by atoms with van der Waals surface area (Å²) in [6.45, 7) is 2.60. The number of amides is 1. The number of nitrogens with zero attached hydrogens (tertiary/aromatic N) is 1. The third-order valence-corrected chi connectivity index (χ3v) is 5.83. The lowest BCUT2D eigenvalue weighted by atomic mass is 9.95.